The molecule has 0 aliphatic heterocycles. The maximum Gasteiger partial charge on any atom is 2.00 e. The van der Waals surface area contributed by atoms with Crippen LogP contribution in [0.25, 0.3) is 0 Å². The Morgan fingerprint density at radius 1 is 0.239 bits per heavy atom. The van der Waals surface area contributed by atoms with Crippen molar-refractivity contribution < 1.29 is 98.9 Å². The molecule has 0 nitrogen and oxygen atoms in total. The van der Waals surface area contributed by atoms with Crippen LogP contribution < -0.4 is 0 Å². The number of hydrogen-bond donors (Lipinski definition) is 0. The average molecular weight is 1130 g/mol. The largest absolute Gasteiger partial charge is 2.00 e. The van der Waals surface area contributed by atoms with Gasteiger partial charge in [0.05, 0.1) is 0 Å². The van der Waals surface area contributed by atoms with Crippen LogP contribution in [0.1, 0.15) is 109 Å². The molecule has 0 fully saturated rings. The Kier molecular flexibility index (Phi) is 150. The van der Waals surface area contributed by atoms with Gasteiger partial charge in [-0.3, -0.25) is 0 Å². The minimum Gasteiger partial charge on any atom is -0.793 e. The maximum atomic E-state index is 4.83. The first-order chi connectivity index (χ1) is 17.7. The van der Waals surface area contributed by atoms with Crippen LogP contribution in [0.5, 0.6) is 0 Å². The fourth-order valence-electron chi connectivity index (χ4n) is 0.236. The van der Waals surface area contributed by atoms with E-state index in [0.29, 0.717) is 0 Å². The Balaban J connectivity index is -0.0000000208. The maximum absolute atomic E-state index is 4.83. The second kappa shape index (κ2) is 73.3. The molecule has 0 N–H and O–H groups in total. The van der Waals surface area contributed by atoms with E-state index in [0.717, 1.165) is 71.7 Å². The van der Waals surface area contributed by atoms with Crippen LogP contribution in [0.4, 0.5) is 0 Å². The molecule has 0 rings (SSSR count). The SMILES string of the molecule is CC(C)(C)[S-].CC(C)(C)[S-].CC(C)(C)[S-].CC(C)(C)[S-].[Ni+2].[Ni+2].[Ni+2].[Ni+2].[Ni+2].[Ni+2].[S-]CCC[S-].[S-]CCC[S-].[S-]CCC[S-].[S-]CCC[S-]. The summed E-state index contributed by atoms with van der Waals surface area (Å²) in [5, 5.41) is 0. The molecule has 304 valence electrons. The van der Waals surface area contributed by atoms with Crippen molar-refractivity contribution in [1.29, 1.82) is 0 Å². The first-order valence-corrected chi connectivity index (χ1v) is 19.4. The van der Waals surface area contributed by atoms with Gasteiger partial charge in [-0.15, -0.1) is 0 Å². The van der Waals surface area contributed by atoms with Crippen molar-refractivity contribution in [2.45, 2.75) is 128 Å². The molecule has 0 radical (unpaired) electrons. The van der Waals surface area contributed by atoms with Gasteiger partial charge in [-0.1, -0.05) is 109 Å². The summed E-state index contributed by atoms with van der Waals surface area (Å²) in [6, 6.07) is 0. The van der Waals surface area contributed by atoms with Gasteiger partial charge < -0.3 is 152 Å². The molecule has 0 aromatic carbocycles. The first kappa shape index (κ1) is 94.3. The fraction of sp³-hybridized carbons (Fsp3) is 1.00. The van der Waals surface area contributed by atoms with Crippen LogP contribution in [-0.2, 0) is 250 Å². The van der Waals surface area contributed by atoms with E-state index in [1.807, 2.05) is 83.1 Å². The number of hydrogen-bond acceptors (Lipinski definition) is 12. The van der Waals surface area contributed by atoms with Crippen LogP contribution in [0.15, 0.2) is 0 Å². The van der Waals surface area contributed by atoms with Gasteiger partial charge in [0.2, 0.25) is 0 Å². The summed E-state index contributed by atoms with van der Waals surface area (Å²) in [7, 11) is 0. The van der Waals surface area contributed by atoms with Gasteiger partial charge in [-0.2, -0.15) is 65.0 Å². The fourth-order valence-corrected chi connectivity index (χ4v) is 2.12. The molecule has 0 saturated carbocycles. The summed E-state index contributed by atoms with van der Waals surface area (Å²) in [6.07, 6.45) is 4.07. The standard InChI is InChI=1S/4C4H10S.4C3H8S2.6Ni/c4*1-4(2,3)5;4*4-2-1-3-5;;;;;;/h4*5H,1-3H3;4*4-5H,1-3H2;;;;;;/q;;;;;;;;6*+2/p-12. The first-order valence-electron chi connectivity index (χ1n) is 13.1. The Hall–Kier alpha value is 7.16. The van der Waals surface area contributed by atoms with Gasteiger partial charge in [0, 0.05) is 0 Å². The van der Waals surface area contributed by atoms with E-state index in [2.05, 4.69) is 101 Å². The molecule has 0 spiro atoms. The van der Waals surface area contributed by atoms with Crippen molar-refractivity contribution in [2.75, 3.05) is 46.0 Å². The van der Waals surface area contributed by atoms with E-state index in [1.165, 1.54) is 0 Å². The monoisotopic (exact) mass is 1130 g/mol. The molecule has 0 amide bonds. The van der Waals surface area contributed by atoms with E-state index in [-0.39, 0.29) is 118 Å². The predicted molar refractivity (Wildman–Crippen MR) is 225 cm³/mol. The van der Waals surface area contributed by atoms with Gasteiger partial charge in [0.25, 0.3) is 0 Å². The van der Waals surface area contributed by atoms with E-state index < -0.39 is 0 Å². The van der Waals surface area contributed by atoms with Gasteiger partial charge in [-0.25, -0.2) is 0 Å². The van der Waals surface area contributed by atoms with Crippen molar-refractivity contribution in [1.82, 2.24) is 0 Å². The summed E-state index contributed by atoms with van der Waals surface area (Å²) in [6.45, 7) is 24.0. The average Bonchev–Trinajstić information content (AvgIpc) is 2.67. The third kappa shape index (κ3) is 560. The molecule has 0 unspecified atom stereocenters. The molecule has 0 aliphatic rings. The molecule has 0 bridgehead atoms. The Morgan fingerprint density at radius 2 is 0.283 bits per heavy atom. The summed E-state index contributed by atoms with van der Waals surface area (Å²) < 4.78 is 0.333. The van der Waals surface area contributed by atoms with Gasteiger partial charge in [0.15, 0.2) is 0 Å². The van der Waals surface area contributed by atoms with E-state index >= 15 is 0 Å². The summed E-state index contributed by atoms with van der Waals surface area (Å²) in [4.78, 5) is 0. The van der Waals surface area contributed by atoms with Gasteiger partial charge >= 0.3 is 98.9 Å². The minimum atomic E-state index is 0. The molecular formula is C28H60Ni6S12. The normalized spacial score (nSPS) is 8.87. The van der Waals surface area contributed by atoms with Crippen molar-refractivity contribution in [2.24, 2.45) is 0 Å². The summed E-state index contributed by atoms with van der Waals surface area (Å²) in [5.74, 6) is 6.58. The molecule has 0 aromatic rings. The molecular weight excluding hydrogens is 1070 g/mol. The zero-order valence-corrected chi connectivity index (χ0v) is 45.0. The van der Waals surface area contributed by atoms with E-state index in [9.17, 15) is 0 Å². The smallest absolute Gasteiger partial charge is 0.793 e. The van der Waals surface area contributed by atoms with Crippen molar-refractivity contribution >= 4 is 152 Å². The molecule has 18 heteroatoms. The summed E-state index contributed by atoms with van der Waals surface area (Å²) >= 11 is 56.0. The van der Waals surface area contributed by atoms with E-state index in [1.54, 1.807) is 0 Å². The zero-order valence-electron chi connectivity index (χ0n) is 29.3. The molecule has 0 aromatic heterocycles. The molecule has 0 saturated heterocycles. The van der Waals surface area contributed by atoms with Crippen molar-refractivity contribution in [3.63, 3.8) is 0 Å². The Labute approximate surface area is 418 Å². The van der Waals surface area contributed by atoms with Crippen molar-refractivity contribution in [3.05, 3.63) is 0 Å². The number of rotatable bonds is 8. The minimum absolute atomic E-state index is 0. The third-order valence-electron chi connectivity index (χ3n) is 1.15. The molecule has 0 aliphatic carbocycles. The zero-order chi connectivity index (χ0) is 34.5. The van der Waals surface area contributed by atoms with Gasteiger partial charge in [0.1, 0.15) is 0 Å². The third-order valence-corrected chi connectivity index (χ3v) is 3.46. The van der Waals surface area contributed by atoms with Crippen LogP contribution >= 0.6 is 0 Å². The quantitative estimate of drug-likeness (QED) is 0.179. The second-order valence-electron chi connectivity index (χ2n) is 11.5. The van der Waals surface area contributed by atoms with Crippen LogP contribution in [0.3, 0.4) is 0 Å². The Bertz CT molecular complexity index is 291. The van der Waals surface area contributed by atoms with Crippen LogP contribution in [0, 0.1) is 0 Å². The second-order valence-corrected chi connectivity index (χ2v) is 19.7. The molecule has 0 atom stereocenters. The van der Waals surface area contributed by atoms with Crippen LogP contribution in [0.2, 0.25) is 0 Å². The Morgan fingerprint density at radius 3 is 0.283 bits per heavy atom. The van der Waals surface area contributed by atoms with E-state index in [4.69, 9.17) is 50.5 Å². The molecule has 46 heavy (non-hydrogen) atoms. The molecule has 0 heterocycles. The van der Waals surface area contributed by atoms with Gasteiger partial charge in [-0.05, 0) is 0 Å². The topological polar surface area (TPSA) is 0 Å². The van der Waals surface area contributed by atoms with Crippen molar-refractivity contribution in [3.8, 4) is 0 Å². The summed E-state index contributed by atoms with van der Waals surface area (Å²) in [5.41, 5.74) is 0. The van der Waals surface area contributed by atoms with Crippen LogP contribution in [-0.4, -0.2) is 65.0 Å². The predicted octanol–water partition coefficient (Wildman–Crippen LogP) is 7.19.